The molecule has 1 N–H and O–H groups in total. The van der Waals surface area contributed by atoms with Crippen molar-refractivity contribution in [1.82, 2.24) is 15.1 Å². The lowest BCUT2D eigenvalue weighted by molar-refractivity contribution is -0.122. The van der Waals surface area contributed by atoms with E-state index in [1.165, 1.54) is 17.7 Å². The third-order valence-electron chi connectivity index (χ3n) is 6.81. The first-order chi connectivity index (χ1) is 19.4. The molecule has 0 saturated carbocycles. The highest BCUT2D eigenvalue weighted by atomic mass is 19.1. The Bertz CT molecular complexity index is 1260. The van der Waals surface area contributed by atoms with Gasteiger partial charge < -0.3 is 15.0 Å². The number of hydrogen-bond acceptors (Lipinski definition) is 6. The van der Waals surface area contributed by atoms with E-state index >= 15 is 0 Å². The third-order valence-corrected chi connectivity index (χ3v) is 6.81. The zero-order valence-electron chi connectivity index (χ0n) is 22.3. The summed E-state index contributed by atoms with van der Waals surface area (Å²) in [6, 6.07) is 17.9. The number of morpholine rings is 1. The monoisotopic (exact) mass is 549 g/mol. The summed E-state index contributed by atoms with van der Waals surface area (Å²) < 4.78 is 28.5. The molecule has 8 nitrogen and oxygen atoms in total. The van der Waals surface area contributed by atoms with Crippen LogP contribution in [0.2, 0.25) is 0 Å². The van der Waals surface area contributed by atoms with Gasteiger partial charge in [0.15, 0.2) is 5.82 Å². The summed E-state index contributed by atoms with van der Waals surface area (Å²) in [7, 11) is 0. The number of nitrogens with one attached hydrogen (secondary N) is 1. The van der Waals surface area contributed by atoms with Gasteiger partial charge in [-0.25, -0.2) is 8.78 Å². The molecule has 2 aliphatic heterocycles. The lowest BCUT2D eigenvalue weighted by Gasteiger charge is -2.26. The van der Waals surface area contributed by atoms with Crippen molar-refractivity contribution >= 4 is 23.3 Å². The molecule has 2 amide bonds. The third kappa shape index (κ3) is 8.24. The van der Waals surface area contributed by atoms with Crippen LogP contribution in [0.3, 0.4) is 0 Å². The minimum Gasteiger partial charge on any atom is -0.379 e. The maximum absolute atomic E-state index is 13.0. The van der Waals surface area contributed by atoms with Crippen LogP contribution < -0.4 is 10.2 Å². The molecule has 210 valence electrons. The largest absolute Gasteiger partial charge is 0.379 e. The van der Waals surface area contributed by atoms with Gasteiger partial charge in [0.25, 0.3) is 0 Å². The molecule has 40 heavy (non-hydrogen) atoms. The van der Waals surface area contributed by atoms with E-state index < -0.39 is 5.92 Å². The van der Waals surface area contributed by atoms with Crippen molar-refractivity contribution in [3.8, 4) is 0 Å². The predicted octanol–water partition coefficient (Wildman–Crippen LogP) is 4.32. The van der Waals surface area contributed by atoms with Gasteiger partial charge in [-0.05, 0) is 60.4 Å². The second-order valence-corrected chi connectivity index (χ2v) is 9.64. The van der Waals surface area contributed by atoms with Crippen molar-refractivity contribution in [2.24, 2.45) is 5.92 Å². The number of aryl methyl sites for hydroxylation is 2. The van der Waals surface area contributed by atoms with Crippen molar-refractivity contribution in [1.29, 1.82) is 0 Å². The summed E-state index contributed by atoms with van der Waals surface area (Å²) in [6.45, 7) is 7.25. The number of anilines is 2. The molecule has 2 aliphatic rings. The summed E-state index contributed by atoms with van der Waals surface area (Å²) in [4.78, 5) is 29.5. The zero-order chi connectivity index (χ0) is 28.3. The van der Waals surface area contributed by atoms with Crippen molar-refractivity contribution in [3.05, 3.63) is 96.2 Å². The van der Waals surface area contributed by atoms with E-state index in [4.69, 9.17) is 4.74 Å². The Balaban J connectivity index is 0.00000118. The van der Waals surface area contributed by atoms with Crippen molar-refractivity contribution in [2.45, 2.75) is 25.8 Å². The first-order valence-corrected chi connectivity index (χ1v) is 13.2. The normalized spacial score (nSPS) is 17.2. The van der Waals surface area contributed by atoms with Crippen molar-refractivity contribution in [3.63, 3.8) is 0 Å². The SMILES string of the molecule is C=CF.O=C(Nc1ccc(CCc2ccc(F)cc2)nn1)C1CC(=O)N(c2ccc(CN3CCOCC3)cc2)C1. The molecule has 0 bridgehead atoms. The summed E-state index contributed by atoms with van der Waals surface area (Å²) in [5, 5.41) is 11.1. The van der Waals surface area contributed by atoms with Crippen LogP contribution in [0, 0.1) is 11.7 Å². The molecule has 0 spiro atoms. The minimum atomic E-state index is -0.458. The minimum absolute atomic E-state index is 0.0664. The highest BCUT2D eigenvalue weighted by Crippen LogP contribution is 2.26. The van der Waals surface area contributed by atoms with Crippen LogP contribution in [-0.2, 0) is 33.7 Å². The molecule has 5 rings (SSSR count). The molecule has 1 unspecified atom stereocenters. The van der Waals surface area contributed by atoms with Crippen LogP contribution in [0.25, 0.3) is 0 Å². The van der Waals surface area contributed by atoms with E-state index in [2.05, 4.69) is 27.0 Å². The van der Waals surface area contributed by atoms with Crippen molar-refractivity contribution in [2.75, 3.05) is 43.1 Å². The molecule has 2 aromatic carbocycles. The van der Waals surface area contributed by atoms with E-state index in [0.717, 1.165) is 56.2 Å². The fourth-order valence-electron chi connectivity index (χ4n) is 4.64. The number of nitrogens with zero attached hydrogens (tertiary/aromatic N) is 4. The summed E-state index contributed by atoms with van der Waals surface area (Å²) >= 11 is 0. The molecule has 1 aromatic heterocycles. The van der Waals surface area contributed by atoms with E-state index in [1.54, 1.807) is 23.1 Å². The standard InChI is InChI=1S/C28H30FN5O3.C2H3F/c29-23-6-1-20(2-7-23)3-8-24-9-12-26(32-31-24)30-28(36)22-17-27(35)34(19-22)25-10-4-21(5-11-25)18-33-13-15-37-16-14-33;1-2-3/h1-2,4-7,9-12,22H,3,8,13-19H2,(H,30,32,36);2H,1H2. The average molecular weight is 550 g/mol. The Labute approximate surface area is 232 Å². The van der Waals surface area contributed by atoms with Crippen LogP contribution in [-0.4, -0.2) is 59.8 Å². The molecule has 3 aromatic rings. The van der Waals surface area contributed by atoms with E-state index in [1.807, 2.05) is 30.3 Å². The highest BCUT2D eigenvalue weighted by Gasteiger charge is 2.35. The predicted molar refractivity (Wildman–Crippen MR) is 149 cm³/mol. The zero-order valence-corrected chi connectivity index (χ0v) is 22.3. The van der Waals surface area contributed by atoms with Gasteiger partial charge in [0, 0.05) is 38.3 Å². The fourth-order valence-corrected chi connectivity index (χ4v) is 4.64. The summed E-state index contributed by atoms with van der Waals surface area (Å²) in [5.74, 6) is -0.668. The number of ether oxygens (including phenoxy) is 1. The maximum atomic E-state index is 13.0. The average Bonchev–Trinajstić information content (AvgIpc) is 3.36. The Kier molecular flexibility index (Phi) is 10.4. The van der Waals surface area contributed by atoms with E-state index in [9.17, 15) is 18.4 Å². The highest BCUT2D eigenvalue weighted by molar-refractivity contribution is 6.03. The van der Waals surface area contributed by atoms with Crippen molar-refractivity contribution < 1.29 is 23.1 Å². The summed E-state index contributed by atoms with van der Waals surface area (Å²) in [5.41, 5.74) is 3.78. The number of rotatable bonds is 8. The van der Waals surface area contributed by atoms with Gasteiger partial charge in [0.2, 0.25) is 11.8 Å². The molecule has 1 atom stereocenters. The molecule has 10 heteroatoms. The number of aromatic nitrogens is 2. The Morgan fingerprint density at radius 2 is 1.68 bits per heavy atom. The van der Waals surface area contributed by atoms with Gasteiger partial charge in [-0.3, -0.25) is 14.5 Å². The molecule has 2 saturated heterocycles. The van der Waals surface area contributed by atoms with Crippen LogP contribution in [0.15, 0.2) is 73.6 Å². The molecular formula is C30H33F2N5O3. The Morgan fingerprint density at radius 1 is 1.00 bits per heavy atom. The molecule has 3 heterocycles. The lowest BCUT2D eigenvalue weighted by atomic mass is 10.1. The Hall–Kier alpha value is -4.02. The molecular weight excluding hydrogens is 516 g/mol. The first-order valence-electron chi connectivity index (χ1n) is 13.2. The smallest absolute Gasteiger partial charge is 0.231 e. The molecule has 0 aliphatic carbocycles. The van der Waals surface area contributed by atoms with Crippen LogP contribution in [0.4, 0.5) is 20.3 Å². The second kappa shape index (κ2) is 14.4. The van der Waals surface area contributed by atoms with Gasteiger partial charge in [0.1, 0.15) is 5.82 Å². The van der Waals surface area contributed by atoms with Gasteiger partial charge in [-0.15, -0.1) is 5.10 Å². The fraction of sp³-hybridized carbons (Fsp3) is 0.333. The maximum Gasteiger partial charge on any atom is 0.231 e. The molecule has 0 radical (unpaired) electrons. The van der Waals surface area contributed by atoms with Crippen LogP contribution in [0.1, 0.15) is 23.2 Å². The van der Waals surface area contributed by atoms with Gasteiger partial charge in [0.05, 0.1) is 31.2 Å². The van der Waals surface area contributed by atoms with E-state index in [-0.39, 0.29) is 30.4 Å². The number of hydrogen-bond donors (Lipinski definition) is 1. The number of halogens is 2. The number of carbonyl (C=O) groups is 2. The van der Waals surface area contributed by atoms with Gasteiger partial charge in [-0.1, -0.05) is 30.8 Å². The second-order valence-electron chi connectivity index (χ2n) is 9.64. The number of carbonyl (C=O) groups excluding carboxylic acids is 2. The molecule has 2 fully saturated rings. The van der Waals surface area contributed by atoms with Crippen LogP contribution >= 0.6 is 0 Å². The summed E-state index contributed by atoms with van der Waals surface area (Å²) in [6.07, 6.45) is 1.78. The van der Waals surface area contributed by atoms with Gasteiger partial charge >= 0.3 is 0 Å². The van der Waals surface area contributed by atoms with E-state index in [0.29, 0.717) is 18.8 Å². The topological polar surface area (TPSA) is 87.7 Å². The quantitative estimate of drug-likeness (QED) is 0.450. The lowest BCUT2D eigenvalue weighted by Crippen LogP contribution is -2.35. The number of amides is 2. The number of benzene rings is 2. The van der Waals surface area contributed by atoms with Crippen LogP contribution in [0.5, 0.6) is 0 Å². The first kappa shape index (κ1) is 29.0. The van der Waals surface area contributed by atoms with Gasteiger partial charge in [-0.2, -0.15) is 5.10 Å². The Morgan fingerprint density at radius 3 is 2.33 bits per heavy atom.